The van der Waals surface area contributed by atoms with E-state index in [1.54, 1.807) is 0 Å². The maximum Gasteiger partial charge on any atom is 0.221 e. The lowest BCUT2D eigenvalue weighted by Crippen LogP contribution is -2.30. The van der Waals surface area contributed by atoms with Gasteiger partial charge in [-0.15, -0.1) is 0 Å². The van der Waals surface area contributed by atoms with Gasteiger partial charge in [0.05, 0.1) is 0 Å². The van der Waals surface area contributed by atoms with Gasteiger partial charge in [-0.25, -0.2) is 0 Å². The normalized spacial score (nSPS) is 21.8. The SMILES string of the molecule is O=C1CC(NCc2cc[nH]c2)CN1. The van der Waals surface area contributed by atoms with Crippen molar-refractivity contribution in [3.05, 3.63) is 24.0 Å². The molecule has 0 aromatic carbocycles. The van der Waals surface area contributed by atoms with E-state index in [0.717, 1.165) is 13.1 Å². The fourth-order valence-corrected chi connectivity index (χ4v) is 1.48. The smallest absolute Gasteiger partial charge is 0.221 e. The zero-order chi connectivity index (χ0) is 9.10. The van der Waals surface area contributed by atoms with Crippen LogP contribution in [0.2, 0.25) is 0 Å². The van der Waals surface area contributed by atoms with Crippen LogP contribution < -0.4 is 10.6 Å². The molecule has 0 saturated carbocycles. The lowest BCUT2D eigenvalue weighted by molar-refractivity contribution is -0.119. The molecule has 1 aliphatic heterocycles. The van der Waals surface area contributed by atoms with Crippen LogP contribution in [0, 0.1) is 0 Å². The Kier molecular flexibility index (Phi) is 2.31. The molecule has 70 valence electrons. The minimum Gasteiger partial charge on any atom is -0.367 e. The van der Waals surface area contributed by atoms with Crippen molar-refractivity contribution in [2.45, 2.75) is 19.0 Å². The summed E-state index contributed by atoms with van der Waals surface area (Å²) in [6, 6.07) is 2.32. The summed E-state index contributed by atoms with van der Waals surface area (Å²) in [5.74, 6) is 0.145. The molecule has 1 aromatic rings. The number of aromatic nitrogens is 1. The number of H-pyrrole nitrogens is 1. The Labute approximate surface area is 76.7 Å². The standard InChI is InChI=1S/C9H13N3O/c13-9-3-8(6-12-9)11-5-7-1-2-10-4-7/h1-2,4,8,10-11H,3,5-6H2,(H,12,13). The summed E-state index contributed by atoms with van der Waals surface area (Å²) in [5, 5.41) is 6.10. The molecule has 3 N–H and O–H groups in total. The summed E-state index contributed by atoms with van der Waals surface area (Å²) in [6.45, 7) is 1.58. The van der Waals surface area contributed by atoms with E-state index < -0.39 is 0 Å². The lowest BCUT2D eigenvalue weighted by atomic mass is 10.2. The topological polar surface area (TPSA) is 56.9 Å². The van der Waals surface area contributed by atoms with Gasteiger partial charge in [-0.05, 0) is 11.6 Å². The van der Waals surface area contributed by atoms with Crippen LogP contribution in [0.5, 0.6) is 0 Å². The van der Waals surface area contributed by atoms with Crippen LogP contribution in [-0.4, -0.2) is 23.5 Å². The van der Waals surface area contributed by atoms with Crippen molar-refractivity contribution in [3.63, 3.8) is 0 Å². The van der Waals surface area contributed by atoms with Gasteiger partial charge in [-0.1, -0.05) is 0 Å². The van der Waals surface area contributed by atoms with Crippen molar-refractivity contribution >= 4 is 5.91 Å². The van der Waals surface area contributed by atoms with Crippen LogP contribution in [-0.2, 0) is 11.3 Å². The van der Waals surface area contributed by atoms with Crippen molar-refractivity contribution in [3.8, 4) is 0 Å². The molecule has 0 aliphatic carbocycles. The Balaban J connectivity index is 1.77. The van der Waals surface area contributed by atoms with Crippen molar-refractivity contribution < 1.29 is 4.79 Å². The Bertz CT molecular complexity index is 281. The maximum absolute atomic E-state index is 10.9. The summed E-state index contributed by atoms with van der Waals surface area (Å²) in [4.78, 5) is 13.8. The van der Waals surface area contributed by atoms with E-state index in [-0.39, 0.29) is 5.91 Å². The molecule has 1 fully saturated rings. The quantitative estimate of drug-likeness (QED) is 0.611. The first-order valence-corrected chi connectivity index (χ1v) is 4.46. The largest absolute Gasteiger partial charge is 0.367 e. The number of hydrogen-bond acceptors (Lipinski definition) is 2. The van der Waals surface area contributed by atoms with Crippen LogP contribution in [0.3, 0.4) is 0 Å². The molecule has 1 unspecified atom stereocenters. The van der Waals surface area contributed by atoms with Crippen LogP contribution in [0.15, 0.2) is 18.5 Å². The molecule has 1 amide bonds. The van der Waals surface area contributed by atoms with Gasteiger partial charge in [0.2, 0.25) is 5.91 Å². The average Bonchev–Trinajstić information content (AvgIpc) is 2.71. The average molecular weight is 179 g/mol. The van der Waals surface area contributed by atoms with E-state index in [2.05, 4.69) is 15.6 Å². The van der Waals surface area contributed by atoms with Crippen LogP contribution in [0.1, 0.15) is 12.0 Å². The van der Waals surface area contributed by atoms with Crippen molar-refractivity contribution in [1.82, 2.24) is 15.6 Å². The third-order valence-corrected chi connectivity index (χ3v) is 2.23. The highest BCUT2D eigenvalue weighted by Crippen LogP contribution is 2.01. The molecular weight excluding hydrogens is 166 g/mol. The van der Waals surface area contributed by atoms with E-state index in [4.69, 9.17) is 0 Å². The molecule has 0 bridgehead atoms. The van der Waals surface area contributed by atoms with Crippen LogP contribution in [0.4, 0.5) is 0 Å². The third kappa shape index (κ3) is 2.09. The molecule has 2 heterocycles. The molecule has 1 aromatic heterocycles. The molecule has 4 heteroatoms. The number of nitrogens with one attached hydrogen (secondary N) is 3. The Morgan fingerprint density at radius 1 is 1.62 bits per heavy atom. The summed E-state index contributed by atoms with van der Waals surface area (Å²) < 4.78 is 0. The number of rotatable bonds is 3. The number of amides is 1. The van der Waals surface area contributed by atoms with Crippen LogP contribution in [0.25, 0.3) is 0 Å². The highest BCUT2D eigenvalue weighted by Gasteiger charge is 2.20. The molecule has 2 rings (SSSR count). The monoisotopic (exact) mass is 179 g/mol. The van der Waals surface area contributed by atoms with Crippen LogP contribution >= 0.6 is 0 Å². The predicted octanol–water partition coefficient (Wildman–Crippen LogP) is -0.00720. The lowest BCUT2D eigenvalue weighted by Gasteiger charge is -2.08. The molecule has 0 spiro atoms. The van der Waals surface area contributed by atoms with Gasteiger partial charge >= 0.3 is 0 Å². The molecule has 1 aliphatic rings. The highest BCUT2D eigenvalue weighted by atomic mass is 16.1. The van der Waals surface area contributed by atoms with Gasteiger partial charge in [0.25, 0.3) is 0 Å². The predicted molar refractivity (Wildman–Crippen MR) is 49.0 cm³/mol. The molecule has 0 radical (unpaired) electrons. The number of carbonyl (C=O) groups excluding carboxylic acids is 1. The molecular formula is C9H13N3O. The first kappa shape index (κ1) is 8.31. The van der Waals surface area contributed by atoms with Gasteiger partial charge in [-0.2, -0.15) is 0 Å². The van der Waals surface area contributed by atoms with E-state index in [0.29, 0.717) is 12.5 Å². The van der Waals surface area contributed by atoms with Gasteiger partial charge in [-0.3, -0.25) is 4.79 Å². The van der Waals surface area contributed by atoms with E-state index in [1.165, 1.54) is 5.56 Å². The maximum atomic E-state index is 10.9. The van der Waals surface area contributed by atoms with Crippen molar-refractivity contribution in [1.29, 1.82) is 0 Å². The Morgan fingerprint density at radius 2 is 2.54 bits per heavy atom. The van der Waals surface area contributed by atoms with E-state index in [1.807, 2.05) is 18.5 Å². The fourth-order valence-electron chi connectivity index (χ4n) is 1.48. The minimum absolute atomic E-state index is 0.145. The molecule has 4 nitrogen and oxygen atoms in total. The second-order valence-electron chi connectivity index (χ2n) is 3.31. The van der Waals surface area contributed by atoms with E-state index >= 15 is 0 Å². The molecule has 13 heavy (non-hydrogen) atoms. The number of hydrogen-bond donors (Lipinski definition) is 3. The first-order valence-electron chi connectivity index (χ1n) is 4.46. The zero-order valence-corrected chi connectivity index (χ0v) is 7.34. The Hall–Kier alpha value is -1.29. The summed E-state index contributed by atoms with van der Waals surface area (Å²) in [6.07, 6.45) is 4.46. The fraction of sp³-hybridized carbons (Fsp3) is 0.444. The van der Waals surface area contributed by atoms with Gasteiger partial charge in [0, 0.05) is 37.9 Å². The third-order valence-electron chi connectivity index (χ3n) is 2.23. The Morgan fingerprint density at radius 3 is 3.15 bits per heavy atom. The summed E-state index contributed by atoms with van der Waals surface area (Å²) >= 11 is 0. The van der Waals surface area contributed by atoms with Gasteiger partial charge in [0.1, 0.15) is 0 Å². The van der Waals surface area contributed by atoms with Gasteiger partial charge in [0.15, 0.2) is 0 Å². The summed E-state index contributed by atoms with van der Waals surface area (Å²) in [5.41, 5.74) is 1.22. The van der Waals surface area contributed by atoms with E-state index in [9.17, 15) is 4.79 Å². The second-order valence-corrected chi connectivity index (χ2v) is 3.31. The summed E-state index contributed by atoms with van der Waals surface area (Å²) in [7, 11) is 0. The number of carbonyl (C=O) groups is 1. The minimum atomic E-state index is 0.145. The zero-order valence-electron chi connectivity index (χ0n) is 7.34. The highest BCUT2D eigenvalue weighted by molar-refractivity contribution is 5.78. The molecule has 1 saturated heterocycles. The van der Waals surface area contributed by atoms with Gasteiger partial charge < -0.3 is 15.6 Å². The second kappa shape index (κ2) is 3.62. The first-order chi connectivity index (χ1) is 6.34. The van der Waals surface area contributed by atoms with Crippen molar-refractivity contribution in [2.75, 3.05) is 6.54 Å². The van der Waals surface area contributed by atoms with Crippen molar-refractivity contribution in [2.24, 2.45) is 0 Å². The number of aromatic amines is 1. The molecule has 1 atom stereocenters.